The molecule has 1 aromatic heterocycles. The number of rotatable bonds is 6. The average molecular weight is 460 g/mol. The molecule has 31 heavy (non-hydrogen) atoms. The Morgan fingerprint density at radius 1 is 1.10 bits per heavy atom. The van der Waals surface area contributed by atoms with E-state index in [2.05, 4.69) is 10.6 Å². The Hall–Kier alpha value is -2.96. The maximum atomic E-state index is 12.9. The van der Waals surface area contributed by atoms with Crippen LogP contribution in [0.1, 0.15) is 36.1 Å². The number of aromatic nitrogens is 1. The first-order chi connectivity index (χ1) is 14.8. The second kappa shape index (κ2) is 9.90. The molecule has 2 amide bonds. The van der Waals surface area contributed by atoms with Crippen molar-refractivity contribution in [3.8, 4) is 5.75 Å². The number of nitrogens with one attached hydrogen (secondary N) is 2. The molecule has 0 saturated carbocycles. The number of halogens is 2. The lowest BCUT2D eigenvalue weighted by Crippen LogP contribution is -2.35. The Labute approximate surface area is 190 Å². The molecule has 3 rings (SSSR count). The number of urea groups is 1. The third kappa shape index (κ3) is 5.40. The van der Waals surface area contributed by atoms with Gasteiger partial charge < -0.3 is 20.3 Å². The number of hydrogen-bond acceptors (Lipinski definition) is 3. The van der Waals surface area contributed by atoms with Crippen molar-refractivity contribution in [2.45, 2.75) is 32.9 Å². The summed E-state index contributed by atoms with van der Waals surface area (Å²) in [4.78, 5) is 25.5. The number of pyridine rings is 1. The zero-order valence-corrected chi connectivity index (χ0v) is 18.7. The van der Waals surface area contributed by atoms with Gasteiger partial charge in [0.25, 0.3) is 5.56 Å². The van der Waals surface area contributed by atoms with Gasteiger partial charge in [-0.05, 0) is 30.5 Å². The van der Waals surface area contributed by atoms with Crippen molar-refractivity contribution in [3.05, 3.63) is 91.8 Å². The summed E-state index contributed by atoms with van der Waals surface area (Å²) in [5, 5.41) is 16.0. The monoisotopic (exact) mass is 459 g/mol. The highest BCUT2D eigenvalue weighted by Gasteiger charge is 2.19. The van der Waals surface area contributed by atoms with Crippen molar-refractivity contribution < 1.29 is 9.90 Å². The van der Waals surface area contributed by atoms with E-state index in [0.717, 1.165) is 11.1 Å². The van der Waals surface area contributed by atoms with E-state index in [1.54, 1.807) is 24.3 Å². The highest BCUT2D eigenvalue weighted by molar-refractivity contribution is 6.32. The minimum atomic E-state index is -0.619. The summed E-state index contributed by atoms with van der Waals surface area (Å²) < 4.78 is 1.29. The number of anilines is 1. The summed E-state index contributed by atoms with van der Waals surface area (Å²) in [5.41, 5.74) is 1.87. The molecule has 6 nitrogen and oxygen atoms in total. The number of nitrogens with zero attached hydrogens (tertiary/aromatic N) is 1. The number of aromatic hydroxyl groups is 1. The summed E-state index contributed by atoms with van der Waals surface area (Å²) in [5.74, 6) is -0.486. The predicted octanol–water partition coefficient (Wildman–Crippen LogP) is 5.49. The van der Waals surface area contributed by atoms with Crippen LogP contribution in [0.15, 0.2) is 59.5 Å². The molecule has 0 radical (unpaired) electrons. The van der Waals surface area contributed by atoms with Crippen molar-refractivity contribution in [3.63, 3.8) is 0 Å². The largest absolute Gasteiger partial charge is 0.504 e. The van der Waals surface area contributed by atoms with Gasteiger partial charge in [0.1, 0.15) is 5.02 Å². The van der Waals surface area contributed by atoms with Gasteiger partial charge in [0, 0.05) is 11.2 Å². The van der Waals surface area contributed by atoms with E-state index in [0.29, 0.717) is 17.0 Å². The van der Waals surface area contributed by atoms with E-state index in [1.165, 1.54) is 10.8 Å². The van der Waals surface area contributed by atoms with Crippen molar-refractivity contribution >= 4 is 34.9 Å². The minimum absolute atomic E-state index is 0.0625. The van der Waals surface area contributed by atoms with E-state index in [4.69, 9.17) is 23.2 Å². The number of carbonyl (C=O) groups is 1. The van der Waals surface area contributed by atoms with Crippen LogP contribution in [0.5, 0.6) is 5.75 Å². The first kappa shape index (κ1) is 22.7. The predicted molar refractivity (Wildman–Crippen MR) is 124 cm³/mol. The third-order valence-electron chi connectivity index (χ3n) is 4.94. The summed E-state index contributed by atoms with van der Waals surface area (Å²) in [6, 6.07) is 14.0. The van der Waals surface area contributed by atoms with Crippen molar-refractivity contribution in [1.29, 1.82) is 0 Å². The third-order valence-corrected chi connectivity index (χ3v) is 5.58. The Bertz CT molecular complexity index is 1140. The zero-order valence-electron chi connectivity index (χ0n) is 17.2. The summed E-state index contributed by atoms with van der Waals surface area (Å²) >= 11 is 12.3. The van der Waals surface area contributed by atoms with Crippen LogP contribution in [0.3, 0.4) is 0 Å². The van der Waals surface area contributed by atoms with Gasteiger partial charge in [-0.1, -0.05) is 78.2 Å². The molecule has 0 unspecified atom stereocenters. The van der Waals surface area contributed by atoms with Gasteiger partial charge in [0.15, 0.2) is 11.4 Å². The highest BCUT2D eigenvalue weighted by Crippen LogP contribution is 2.29. The summed E-state index contributed by atoms with van der Waals surface area (Å²) in [6.07, 6.45) is 1.96. The SMILES string of the molecule is CC[C@H](NC(=O)Nc1c(O)c(Cl)cn(Cc2ccccc2Cl)c1=O)c1ccc(C)cc1. The second-order valence-electron chi connectivity index (χ2n) is 7.20. The molecule has 0 aliphatic rings. The molecular weight excluding hydrogens is 437 g/mol. The van der Waals surface area contributed by atoms with Crippen LogP contribution in [0.2, 0.25) is 10.0 Å². The first-order valence-electron chi connectivity index (χ1n) is 9.79. The van der Waals surface area contributed by atoms with E-state index in [-0.39, 0.29) is 23.3 Å². The Morgan fingerprint density at radius 2 is 1.77 bits per heavy atom. The smallest absolute Gasteiger partial charge is 0.319 e. The minimum Gasteiger partial charge on any atom is -0.504 e. The summed E-state index contributed by atoms with van der Waals surface area (Å²) in [6.45, 7) is 4.06. The lowest BCUT2D eigenvalue weighted by molar-refractivity contribution is 0.248. The quantitative estimate of drug-likeness (QED) is 0.455. The molecule has 0 aliphatic carbocycles. The molecule has 0 bridgehead atoms. The van der Waals surface area contributed by atoms with Gasteiger partial charge in [-0.2, -0.15) is 0 Å². The lowest BCUT2D eigenvalue weighted by atomic mass is 10.0. The maximum Gasteiger partial charge on any atom is 0.319 e. The Kier molecular flexibility index (Phi) is 7.25. The number of aryl methyl sites for hydroxylation is 1. The van der Waals surface area contributed by atoms with Crippen LogP contribution in [0, 0.1) is 6.92 Å². The average Bonchev–Trinajstić information content (AvgIpc) is 2.75. The number of amides is 2. The molecule has 162 valence electrons. The van der Waals surface area contributed by atoms with Gasteiger partial charge in [0.05, 0.1) is 12.6 Å². The Morgan fingerprint density at radius 3 is 2.42 bits per heavy atom. The van der Waals surface area contributed by atoms with E-state index in [1.807, 2.05) is 38.1 Å². The molecule has 0 spiro atoms. The second-order valence-corrected chi connectivity index (χ2v) is 8.01. The van der Waals surface area contributed by atoms with Gasteiger partial charge >= 0.3 is 6.03 Å². The lowest BCUT2D eigenvalue weighted by Gasteiger charge is -2.19. The highest BCUT2D eigenvalue weighted by atomic mass is 35.5. The van der Waals surface area contributed by atoms with Crippen molar-refractivity contribution in [2.75, 3.05) is 5.32 Å². The number of benzene rings is 2. The molecule has 3 N–H and O–H groups in total. The number of hydrogen-bond donors (Lipinski definition) is 3. The molecule has 2 aromatic carbocycles. The molecule has 1 heterocycles. The molecular formula is C23H23Cl2N3O3. The van der Waals surface area contributed by atoms with Crippen LogP contribution in [0.25, 0.3) is 0 Å². The molecule has 1 atom stereocenters. The topological polar surface area (TPSA) is 83.4 Å². The number of carbonyl (C=O) groups excluding carboxylic acids is 1. The standard InChI is InChI=1S/C23H23Cl2N3O3/c1-3-19(15-10-8-14(2)9-11-15)26-23(31)27-20-21(29)18(25)13-28(22(20)30)12-16-6-4-5-7-17(16)24/h4-11,13,19,29H,3,12H2,1-2H3,(H2,26,27,31)/t19-/m0/s1. The molecule has 8 heteroatoms. The molecule has 0 aliphatic heterocycles. The fourth-order valence-corrected chi connectivity index (χ4v) is 3.60. The fraction of sp³-hybridized carbons (Fsp3) is 0.217. The van der Waals surface area contributed by atoms with Crippen LogP contribution in [-0.4, -0.2) is 15.7 Å². The van der Waals surface area contributed by atoms with Crippen LogP contribution in [0.4, 0.5) is 10.5 Å². The van der Waals surface area contributed by atoms with Crippen molar-refractivity contribution in [2.24, 2.45) is 0 Å². The first-order valence-corrected chi connectivity index (χ1v) is 10.5. The van der Waals surface area contributed by atoms with Crippen LogP contribution in [-0.2, 0) is 6.54 Å². The normalized spacial score (nSPS) is 11.7. The van der Waals surface area contributed by atoms with Crippen LogP contribution >= 0.6 is 23.2 Å². The zero-order chi connectivity index (χ0) is 22.5. The summed E-state index contributed by atoms with van der Waals surface area (Å²) in [7, 11) is 0. The van der Waals surface area contributed by atoms with Gasteiger partial charge in [-0.25, -0.2) is 4.79 Å². The fourth-order valence-electron chi connectivity index (χ4n) is 3.19. The van der Waals surface area contributed by atoms with Gasteiger partial charge in [0.2, 0.25) is 0 Å². The van der Waals surface area contributed by atoms with Crippen LogP contribution < -0.4 is 16.2 Å². The Balaban J connectivity index is 1.84. The molecule has 0 fully saturated rings. The van der Waals surface area contributed by atoms with E-state index in [9.17, 15) is 14.7 Å². The van der Waals surface area contributed by atoms with Gasteiger partial charge in [-0.3, -0.25) is 4.79 Å². The van der Waals surface area contributed by atoms with Gasteiger partial charge in [-0.15, -0.1) is 0 Å². The van der Waals surface area contributed by atoms with E-state index >= 15 is 0 Å². The molecule has 0 saturated heterocycles. The maximum absolute atomic E-state index is 12.9. The van der Waals surface area contributed by atoms with E-state index < -0.39 is 17.3 Å². The van der Waals surface area contributed by atoms with Crippen molar-refractivity contribution in [1.82, 2.24) is 9.88 Å². The molecule has 3 aromatic rings.